The maximum absolute atomic E-state index is 9.60. The minimum atomic E-state index is -0.809. The molecule has 1 saturated heterocycles. The molecule has 0 aromatic heterocycles. The minimum Gasteiger partial charge on any atom is -0.394 e. The van der Waals surface area contributed by atoms with Crippen LogP contribution in [0.5, 0.6) is 0 Å². The Bertz CT molecular complexity index is 151. The Labute approximate surface area is 88.5 Å². The molecule has 0 saturated carbocycles. The van der Waals surface area contributed by atoms with Gasteiger partial charge >= 0.3 is 0 Å². The number of rotatable bonds is 2. The molecule has 0 spiro atoms. The standard InChI is InChI=1S/C7H13BrO4S/c1-3-5(10)4(2-9)12-7(13-8)6(3)11/h3-7,9-11H,2H2,1H3/t3?,4?,5-,6?,7-/m1/s1. The second-order valence-corrected chi connectivity index (χ2v) is 4.92. The highest BCUT2D eigenvalue weighted by Crippen LogP contribution is 2.34. The summed E-state index contributed by atoms with van der Waals surface area (Å²) < 4.78 is 5.25. The van der Waals surface area contributed by atoms with Gasteiger partial charge in [-0.3, -0.25) is 0 Å². The Hall–Kier alpha value is 0.670. The lowest BCUT2D eigenvalue weighted by atomic mass is 9.92. The average molecular weight is 273 g/mol. The normalized spacial score (nSPS) is 46.4. The molecule has 1 aliphatic heterocycles. The summed E-state index contributed by atoms with van der Waals surface area (Å²) in [4.78, 5) is 0. The van der Waals surface area contributed by atoms with Gasteiger partial charge in [-0.25, -0.2) is 0 Å². The maximum Gasteiger partial charge on any atom is 0.140 e. The number of aliphatic hydroxyl groups excluding tert-OH is 3. The van der Waals surface area contributed by atoms with Crippen LogP contribution < -0.4 is 0 Å². The van der Waals surface area contributed by atoms with Crippen molar-refractivity contribution in [2.75, 3.05) is 6.61 Å². The summed E-state index contributed by atoms with van der Waals surface area (Å²) in [6, 6.07) is 0. The number of ether oxygens (including phenoxy) is 1. The molecule has 1 rings (SSSR count). The van der Waals surface area contributed by atoms with E-state index in [0.717, 1.165) is 0 Å². The molecule has 6 heteroatoms. The summed E-state index contributed by atoms with van der Waals surface area (Å²) in [6.45, 7) is 1.50. The van der Waals surface area contributed by atoms with Gasteiger partial charge in [-0.15, -0.1) is 0 Å². The largest absolute Gasteiger partial charge is 0.394 e. The van der Waals surface area contributed by atoms with Gasteiger partial charge < -0.3 is 20.1 Å². The van der Waals surface area contributed by atoms with Crippen molar-refractivity contribution in [3.8, 4) is 0 Å². The van der Waals surface area contributed by atoms with Crippen molar-refractivity contribution in [2.24, 2.45) is 5.92 Å². The molecule has 78 valence electrons. The molecule has 1 aliphatic rings. The number of halogens is 1. The van der Waals surface area contributed by atoms with Gasteiger partial charge in [0.15, 0.2) is 0 Å². The minimum absolute atomic E-state index is 0.234. The van der Waals surface area contributed by atoms with Gasteiger partial charge in [-0.2, -0.15) is 0 Å². The highest BCUT2D eigenvalue weighted by molar-refractivity contribution is 9.50. The summed E-state index contributed by atoms with van der Waals surface area (Å²) in [5.41, 5.74) is -0.435. The second kappa shape index (κ2) is 4.95. The first-order chi connectivity index (χ1) is 6.11. The lowest BCUT2D eigenvalue weighted by Crippen LogP contribution is -2.52. The molecule has 4 nitrogen and oxygen atoms in total. The van der Waals surface area contributed by atoms with E-state index in [9.17, 15) is 10.2 Å². The topological polar surface area (TPSA) is 69.9 Å². The van der Waals surface area contributed by atoms with Gasteiger partial charge in [0, 0.05) is 5.92 Å². The van der Waals surface area contributed by atoms with Crippen LogP contribution in [-0.2, 0) is 4.74 Å². The van der Waals surface area contributed by atoms with Crippen molar-refractivity contribution in [1.29, 1.82) is 0 Å². The lowest BCUT2D eigenvalue weighted by molar-refractivity contribution is -0.177. The van der Waals surface area contributed by atoms with Crippen molar-refractivity contribution >= 4 is 25.0 Å². The van der Waals surface area contributed by atoms with E-state index in [0.29, 0.717) is 0 Å². The van der Waals surface area contributed by atoms with Crippen LogP contribution in [0.1, 0.15) is 6.92 Å². The van der Waals surface area contributed by atoms with Crippen molar-refractivity contribution in [2.45, 2.75) is 30.7 Å². The molecule has 0 aromatic rings. The summed E-state index contributed by atoms with van der Waals surface area (Å²) in [5, 5.41) is 28.0. The molecule has 0 amide bonds. The summed E-state index contributed by atoms with van der Waals surface area (Å²) in [6.07, 6.45) is -2.13. The molecule has 13 heavy (non-hydrogen) atoms. The third kappa shape index (κ3) is 2.37. The Balaban J connectivity index is 2.66. The van der Waals surface area contributed by atoms with Crippen LogP contribution in [0.15, 0.2) is 0 Å². The van der Waals surface area contributed by atoms with Crippen LogP contribution in [0.2, 0.25) is 0 Å². The van der Waals surface area contributed by atoms with E-state index in [-0.39, 0.29) is 12.5 Å². The molecule has 1 heterocycles. The monoisotopic (exact) mass is 272 g/mol. The van der Waals surface area contributed by atoms with Crippen molar-refractivity contribution in [3.63, 3.8) is 0 Å². The van der Waals surface area contributed by atoms with Crippen LogP contribution >= 0.6 is 25.0 Å². The van der Waals surface area contributed by atoms with E-state index >= 15 is 0 Å². The SMILES string of the molecule is CC1C(O)[C@@H](SBr)OC(CO)[C@@H]1O. The third-order valence-corrected chi connectivity index (χ3v) is 3.98. The van der Waals surface area contributed by atoms with E-state index < -0.39 is 23.7 Å². The van der Waals surface area contributed by atoms with Gasteiger partial charge in [0.05, 0.1) is 18.8 Å². The molecule has 5 atom stereocenters. The Morgan fingerprint density at radius 3 is 2.46 bits per heavy atom. The smallest absolute Gasteiger partial charge is 0.140 e. The quantitative estimate of drug-likeness (QED) is 0.666. The van der Waals surface area contributed by atoms with Crippen LogP contribution in [0.4, 0.5) is 0 Å². The highest BCUT2D eigenvalue weighted by Gasteiger charge is 2.41. The van der Waals surface area contributed by atoms with Crippen LogP contribution in [0.3, 0.4) is 0 Å². The fourth-order valence-corrected chi connectivity index (χ4v) is 2.81. The summed E-state index contributed by atoms with van der Waals surface area (Å²) >= 11 is 3.12. The lowest BCUT2D eigenvalue weighted by Gasteiger charge is -2.39. The predicted molar refractivity (Wildman–Crippen MR) is 53.4 cm³/mol. The van der Waals surface area contributed by atoms with Crippen molar-refractivity contribution in [1.82, 2.24) is 0 Å². The molecular weight excluding hydrogens is 260 g/mol. The average Bonchev–Trinajstić information content (AvgIpc) is 2.15. The fraction of sp³-hybridized carbons (Fsp3) is 1.00. The second-order valence-electron chi connectivity index (χ2n) is 3.15. The Morgan fingerprint density at radius 2 is 2.00 bits per heavy atom. The fourth-order valence-electron chi connectivity index (χ4n) is 1.35. The Kier molecular flexibility index (Phi) is 4.47. The van der Waals surface area contributed by atoms with Gasteiger partial charge in [0.1, 0.15) is 11.5 Å². The molecule has 0 radical (unpaired) electrons. The molecule has 3 unspecified atom stereocenters. The first-order valence-corrected chi connectivity index (χ1v) is 6.74. The number of hydrogen-bond donors (Lipinski definition) is 3. The van der Waals surface area contributed by atoms with Crippen LogP contribution in [0.25, 0.3) is 0 Å². The van der Waals surface area contributed by atoms with Crippen LogP contribution in [0, 0.1) is 5.92 Å². The van der Waals surface area contributed by atoms with Crippen LogP contribution in [-0.4, -0.2) is 45.7 Å². The van der Waals surface area contributed by atoms with Gasteiger partial charge in [0.25, 0.3) is 0 Å². The highest BCUT2D eigenvalue weighted by atomic mass is 79.9. The number of hydrogen-bond acceptors (Lipinski definition) is 5. The first-order valence-electron chi connectivity index (χ1n) is 4.01. The van der Waals surface area contributed by atoms with E-state index in [4.69, 9.17) is 9.84 Å². The van der Waals surface area contributed by atoms with Gasteiger partial charge in [0.2, 0.25) is 0 Å². The van der Waals surface area contributed by atoms with Crippen molar-refractivity contribution < 1.29 is 20.1 Å². The molecule has 0 aliphatic carbocycles. The predicted octanol–water partition coefficient (Wildman–Crippen LogP) is 0.105. The van der Waals surface area contributed by atoms with E-state index in [1.165, 1.54) is 10.2 Å². The Morgan fingerprint density at radius 1 is 1.38 bits per heavy atom. The molecule has 1 fully saturated rings. The maximum atomic E-state index is 9.60. The van der Waals surface area contributed by atoms with Gasteiger partial charge in [-0.05, 0) is 25.0 Å². The summed E-state index contributed by atoms with van der Waals surface area (Å²) in [7, 11) is 1.20. The van der Waals surface area contributed by atoms with Gasteiger partial charge in [-0.1, -0.05) is 6.92 Å². The zero-order valence-corrected chi connectivity index (χ0v) is 9.53. The third-order valence-electron chi connectivity index (χ3n) is 2.31. The molecule has 3 N–H and O–H groups in total. The zero-order valence-electron chi connectivity index (χ0n) is 7.13. The van der Waals surface area contributed by atoms with Crippen molar-refractivity contribution in [3.05, 3.63) is 0 Å². The number of aliphatic hydroxyl groups is 3. The van der Waals surface area contributed by atoms with E-state index in [1.807, 2.05) is 0 Å². The zero-order chi connectivity index (χ0) is 10.0. The molecular formula is C7H13BrO4S. The molecule has 0 aromatic carbocycles. The molecule has 0 bridgehead atoms. The first kappa shape index (κ1) is 11.7. The summed E-state index contributed by atoms with van der Waals surface area (Å²) in [5.74, 6) is -0.291. The van der Waals surface area contributed by atoms with E-state index in [2.05, 4.69) is 14.8 Å². The van der Waals surface area contributed by atoms with E-state index in [1.54, 1.807) is 6.92 Å².